The summed E-state index contributed by atoms with van der Waals surface area (Å²) in [6.07, 6.45) is -0.106. The number of carbonyl (C=O) groups is 5. The summed E-state index contributed by atoms with van der Waals surface area (Å²) >= 11 is 0. The molecule has 0 aromatic carbocycles. The first-order valence-corrected chi connectivity index (χ1v) is 7.63. The van der Waals surface area contributed by atoms with Crippen molar-refractivity contribution in [2.75, 3.05) is 13.1 Å². The predicted molar refractivity (Wildman–Crippen MR) is 86.8 cm³/mol. The minimum absolute atomic E-state index is 0.0656. The summed E-state index contributed by atoms with van der Waals surface area (Å²) in [6, 6.07) is -2.21. The smallest absolute Gasteiger partial charge is 0.326 e. The Hall–Kier alpha value is -2.69. The summed E-state index contributed by atoms with van der Waals surface area (Å²) in [6.45, 7) is 2.74. The molecule has 25 heavy (non-hydrogen) atoms. The Kier molecular flexibility index (Phi) is 9.79. The van der Waals surface area contributed by atoms with Crippen molar-refractivity contribution in [2.45, 2.75) is 38.8 Å². The third kappa shape index (κ3) is 10.7. The van der Waals surface area contributed by atoms with Crippen LogP contribution in [0.2, 0.25) is 0 Å². The van der Waals surface area contributed by atoms with Crippen LogP contribution in [0.25, 0.3) is 0 Å². The Morgan fingerprint density at radius 1 is 1.00 bits per heavy atom. The van der Waals surface area contributed by atoms with Crippen LogP contribution in [-0.4, -0.2) is 59.9 Å². The van der Waals surface area contributed by atoms with Crippen LogP contribution in [0, 0.1) is 5.92 Å². The van der Waals surface area contributed by atoms with Crippen molar-refractivity contribution in [3.63, 3.8) is 0 Å². The molecule has 2 atom stereocenters. The standard InChI is InChI=1S/C14H25N5O6/c1-7(2)3-9(14(24)25)19-12(22)6-17-11(21)5-18-13(23)8(15)4-10(16)20/h7-9H,3-6,15H2,1-2H3,(H2,16,20)(H,17,21)(H,18,23)(H,19,22)(H,24,25). The average molecular weight is 359 g/mol. The summed E-state index contributed by atoms with van der Waals surface area (Å²) in [4.78, 5) is 56.3. The van der Waals surface area contributed by atoms with Crippen molar-refractivity contribution in [1.82, 2.24) is 16.0 Å². The third-order valence-corrected chi connectivity index (χ3v) is 2.97. The molecule has 0 aliphatic carbocycles. The Bertz CT molecular complexity index is 522. The van der Waals surface area contributed by atoms with Crippen molar-refractivity contribution in [3.05, 3.63) is 0 Å². The number of aliphatic carboxylic acids is 1. The van der Waals surface area contributed by atoms with Crippen LogP contribution in [0.5, 0.6) is 0 Å². The molecule has 0 spiro atoms. The van der Waals surface area contributed by atoms with Gasteiger partial charge in [0.05, 0.1) is 25.6 Å². The monoisotopic (exact) mass is 359 g/mol. The minimum atomic E-state index is -1.17. The lowest BCUT2D eigenvalue weighted by Gasteiger charge is -2.16. The lowest BCUT2D eigenvalue weighted by molar-refractivity contribution is -0.142. The van der Waals surface area contributed by atoms with Crippen LogP contribution in [0.3, 0.4) is 0 Å². The van der Waals surface area contributed by atoms with E-state index in [1.807, 2.05) is 13.8 Å². The number of carbonyl (C=O) groups excluding carboxylic acids is 4. The van der Waals surface area contributed by atoms with Gasteiger partial charge in [0.25, 0.3) is 0 Å². The van der Waals surface area contributed by atoms with Crippen LogP contribution < -0.4 is 27.4 Å². The van der Waals surface area contributed by atoms with E-state index in [1.54, 1.807) is 0 Å². The van der Waals surface area contributed by atoms with E-state index in [4.69, 9.17) is 16.6 Å². The largest absolute Gasteiger partial charge is 0.480 e. The zero-order valence-corrected chi connectivity index (χ0v) is 14.2. The molecule has 0 radical (unpaired) electrons. The van der Waals surface area contributed by atoms with Gasteiger partial charge in [0.15, 0.2) is 0 Å². The van der Waals surface area contributed by atoms with E-state index in [0.29, 0.717) is 0 Å². The fourth-order valence-electron chi connectivity index (χ4n) is 1.79. The molecular weight excluding hydrogens is 334 g/mol. The number of amides is 4. The van der Waals surface area contributed by atoms with E-state index in [1.165, 1.54) is 0 Å². The van der Waals surface area contributed by atoms with E-state index in [-0.39, 0.29) is 18.8 Å². The van der Waals surface area contributed by atoms with Gasteiger partial charge in [-0.1, -0.05) is 13.8 Å². The molecule has 2 unspecified atom stereocenters. The molecule has 11 nitrogen and oxygen atoms in total. The number of hydrogen-bond donors (Lipinski definition) is 6. The molecule has 11 heteroatoms. The molecule has 0 aliphatic heterocycles. The van der Waals surface area contributed by atoms with E-state index >= 15 is 0 Å². The number of hydrogen-bond acceptors (Lipinski definition) is 6. The molecule has 0 aliphatic rings. The first kappa shape index (κ1) is 22.3. The Labute approximate surface area is 144 Å². The molecule has 142 valence electrons. The van der Waals surface area contributed by atoms with Gasteiger partial charge in [-0.15, -0.1) is 0 Å². The number of carboxylic acid groups (broad SMARTS) is 1. The maximum absolute atomic E-state index is 11.7. The second-order valence-electron chi connectivity index (χ2n) is 5.86. The van der Waals surface area contributed by atoms with Gasteiger partial charge in [-0.25, -0.2) is 4.79 Å². The van der Waals surface area contributed by atoms with Gasteiger partial charge in [-0.3, -0.25) is 19.2 Å². The van der Waals surface area contributed by atoms with Gasteiger partial charge in [-0.05, 0) is 12.3 Å². The molecule has 8 N–H and O–H groups in total. The van der Waals surface area contributed by atoms with Gasteiger partial charge in [0.2, 0.25) is 23.6 Å². The molecule has 0 saturated carbocycles. The van der Waals surface area contributed by atoms with Crippen LogP contribution in [-0.2, 0) is 24.0 Å². The first-order valence-electron chi connectivity index (χ1n) is 7.63. The highest BCUT2D eigenvalue weighted by Crippen LogP contribution is 2.04. The van der Waals surface area contributed by atoms with Gasteiger partial charge in [0.1, 0.15) is 6.04 Å². The Balaban J connectivity index is 4.19. The van der Waals surface area contributed by atoms with Crippen molar-refractivity contribution < 1.29 is 29.1 Å². The maximum Gasteiger partial charge on any atom is 0.326 e. The second kappa shape index (κ2) is 11.0. The summed E-state index contributed by atoms with van der Waals surface area (Å²) in [7, 11) is 0. The van der Waals surface area contributed by atoms with E-state index in [9.17, 15) is 24.0 Å². The Morgan fingerprint density at radius 2 is 1.56 bits per heavy atom. The molecule has 0 aromatic heterocycles. The maximum atomic E-state index is 11.7. The van der Waals surface area contributed by atoms with Crippen LogP contribution in [0.1, 0.15) is 26.7 Å². The molecule has 0 bridgehead atoms. The molecular formula is C14H25N5O6. The van der Waals surface area contributed by atoms with Gasteiger partial charge in [-0.2, -0.15) is 0 Å². The normalized spacial score (nSPS) is 12.8. The molecule has 0 rings (SSSR count). The molecule has 4 amide bonds. The zero-order valence-electron chi connectivity index (χ0n) is 14.2. The Morgan fingerprint density at radius 3 is 2.04 bits per heavy atom. The molecule has 0 fully saturated rings. The molecule has 0 saturated heterocycles. The summed E-state index contributed by atoms with van der Waals surface area (Å²) < 4.78 is 0. The SMILES string of the molecule is CC(C)CC(NC(=O)CNC(=O)CNC(=O)C(N)CC(N)=O)C(=O)O. The predicted octanol–water partition coefficient (Wildman–Crippen LogP) is -2.96. The van der Waals surface area contributed by atoms with E-state index in [0.717, 1.165) is 0 Å². The van der Waals surface area contributed by atoms with Crippen LogP contribution in [0.15, 0.2) is 0 Å². The highest BCUT2D eigenvalue weighted by atomic mass is 16.4. The highest BCUT2D eigenvalue weighted by Gasteiger charge is 2.21. The number of nitrogens with one attached hydrogen (secondary N) is 3. The van der Waals surface area contributed by atoms with E-state index < -0.39 is 54.8 Å². The first-order chi connectivity index (χ1) is 11.5. The lowest BCUT2D eigenvalue weighted by Crippen LogP contribution is -2.49. The molecule has 0 aromatic rings. The number of carboxylic acids is 1. The quantitative estimate of drug-likeness (QED) is 0.227. The fraction of sp³-hybridized carbons (Fsp3) is 0.643. The highest BCUT2D eigenvalue weighted by molar-refractivity contribution is 5.92. The minimum Gasteiger partial charge on any atom is -0.480 e. The van der Waals surface area contributed by atoms with Crippen molar-refractivity contribution in [1.29, 1.82) is 0 Å². The zero-order chi connectivity index (χ0) is 19.6. The number of nitrogens with two attached hydrogens (primary N) is 2. The van der Waals surface area contributed by atoms with Crippen molar-refractivity contribution >= 4 is 29.6 Å². The van der Waals surface area contributed by atoms with Crippen molar-refractivity contribution in [3.8, 4) is 0 Å². The van der Waals surface area contributed by atoms with Gasteiger partial charge >= 0.3 is 5.97 Å². The van der Waals surface area contributed by atoms with Crippen molar-refractivity contribution in [2.24, 2.45) is 17.4 Å². The van der Waals surface area contributed by atoms with Gasteiger partial charge in [0, 0.05) is 0 Å². The summed E-state index contributed by atoms with van der Waals surface area (Å²) in [5.41, 5.74) is 10.3. The number of rotatable bonds is 11. The fourth-order valence-corrected chi connectivity index (χ4v) is 1.79. The average Bonchev–Trinajstić information content (AvgIpc) is 2.48. The lowest BCUT2D eigenvalue weighted by atomic mass is 10.0. The third-order valence-electron chi connectivity index (χ3n) is 2.97. The van der Waals surface area contributed by atoms with E-state index in [2.05, 4.69) is 16.0 Å². The summed E-state index contributed by atoms with van der Waals surface area (Å²) in [5.74, 6) is -3.93. The summed E-state index contributed by atoms with van der Waals surface area (Å²) in [5, 5.41) is 15.7. The second-order valence-corrected chi connectivity index (χ2v) is 5.86. The van der Waals surface area contributed by atoms with Crippen LogP contribution in [0.4, 0.5) is 0 Å². The van der Waals surface area contributed by atoms with Crippen LogP contribution >= 0.6 is 0 Å². The molecule has 0 heterocycles. The van der Waals surface area contributed by atoms with Gasteiger partial charge < -0.3 is 32.5 Å². The topological polar surface area (TPSA) is 194 Å². The number of primary amides is 1.